The number of aliphatic hydroxyl groups excluding tert-OH is 1. The van der Waals surface area contributed by atoms with Crippen LogP contribution in [-0.4, -0.2) is 54.3 Å². The lowest BCUT2D eigenvalue weighted by molar-refractivity contribution is -0.0824. The lowest BCUT2D eigenvalue weighted by Gasteiger charge is -2.39. The Labute approximate surface area is 102 Å². The van der Waals surface area contributed by atoms with Crippen LogP contribution in [0.5, 0.6) is 0 Å². The minimum atomic E-state index is -0.0562. The van der Waals surface area contributed by atoms with Gasteiger partial charge >= 0.3 is 0 Å². The number of rotatable bonds is 5. The number of nitrogens with zero attached hydrogens (tertiary/aromatic N) is 1. The maximum absolute atomic E-state index is 9.15. The normalized spacial score (nSPS) is 32.4. The van der Waals surface area contributed by atoms with Crippen molar-refractivity contribution >= 4 is 5.84 Å². The number of hydrogen-bond acceptors (Lipinski definition) is 4. The van der Waals surface area contributed by atoms with Crippen molar-refractivity contribution in [3.8, 4) is 0 Å². The monoisotopic (exact) mass is 241 g/mol. The predicted octanol–water partition coefficient (Wildman–Crippen LogP) is 0.174. The van der Waals surface area contributed by atoms with Crippen LogP contribution in [0.15, 0.2) is 0 Å². The molecule has 5 nitrogen and oxygen atoms in total. The summed E-state index contributed by atoms with van der Waals surface area (Å²) in [6.07, 6.45) is 2.99. The summed E-state index contributed by atoms with van der Waals surface area (Å²) in [5.74, 6) is 0.294. The SMILES string of the molecule is CC1COC(CO)CN1CC1(CC(=N)N)CC1. The van der Waals surface area contributed by atoms with Gasteiger partial charge in [-0.1, -0.05) is 0 Å². The van der Waals surface area contributed by atoms with Crippen molar-refractivity contribution in [1.82, 2.24) is 4.90 Å². The Morgan fingerprint density at radius 2 is 2.29 bits per heavy atom. The lowest BCUT2D eigenvalue weighted by Crippen LogP contribution is -2.51. The van der Waals surface area contributed by atoms with Crippen LogP contribution in [0.25, 0.3) is 0 Å². The van der Waals surface area contributed by atoms with Gasteiger partial charge in [-0.05, 0) is 25.2 Å². The topological polar surface area (TPSA) is 82.6 Å². The summed E-state index contributed by atoms with van der Waals surface area (Å²) in [5, 5.41) is 16.6. The molecule has 0 aromatic carbocycles. The molecule has 0 aromatic rings. The summed E-state index contributed by atoms with van der Waals surface area (Å²) in [5.41, 5.74) is 5.75. The molecule has 2 aliphatic rings. The quantitative estimate of drug-likeness (QED) is 0.473. The maximum Gasteiger partial charge on any atom is 0.0933 e. The first kappa shape index (κ1) is 12.8. The molecule has 1 saturated carbocycles. The molecule has 0 amide bonds. The third-order valence-corrected chi connectivity index (χ3v) is 3.90. The van der Waals surface area contributed by atoms with Gasteiger partial charge < -0.3 is 15.6 Å². The van der Waals surface area contributed by atoms with Crippen LogP contribution in [0.3, 0.4) is 0 Å². The molecule has 0 aromatic heterocycles. The van der Waals surface area contributed by atoms with Crippen molar-refractivity contribution in [2.75, 3.05) is 26.3 Å². The van der Waals surface area contributed by atoms with E-state index in [1.807, 2.05) is 0 Å². The van der Waals surface area contributed by atoms with Crippen molar-refractivity contribution in [3.63, 3.8) is 0 Å². The number of hydrogen-bond donors (Lipinski definition) is 3. The molecule has 1 aliphatic carbocycles. The van der Waals surface area contributed by atoms with E-state index in [1.54, 1.807) is 0 Å². The van der Waals surface area contributed by atoms with E-state index in [-0.39, 0.29) is 18.1 Å². The Bertz CT molecular complexity index is 291. The van der Waals surface area contributed by atoms with Crippen LogP contribution in [0.1, 0.15) is 26.2 Å². The molecular weight excluding hydrogens is 218 g/mol. The van der Waals surface area contributed by atoms with Gasteiger partial charge in [0.05, 0.1) is 25.2 Å². The van der Waals surface area contributed by atoms with Crippen LogP contribution in [0.2, 0.25) is 0 Å². The highest BCUT2D eigenvalue weighted by molar-refractivity contribution is 5.78. The Morgan fingerprint density at radius 1 is 1.59 bits per heavy atom. The highest BCUT2D eigenvalue weighted by Crippen LogP contribution is 2.49. The van der Waals surface area contributed by atoms with Crippen LogP contribution in [0.4, 0.5) is 0 Å². The number of aliphatic hydroxyl groups is 1. The summed E-state index contributed by atoms with van der Waals surface area (Å²) < 4.78 is 5.53. The molecule has 5 heteroatoms. The molecule has 2 rings (SSSR count). The van der Waals surface area contributed by atoms with E-state index in [0.29, 0.717) is 24.9 Å². The molecule has 4 N–H and O–H groups in total. The van der Waals surface area contributed by atoms with Crippen molar-refractivity contribution in [2.45, 2.75) is 38.3 Å². The minimum Gasteiger partial charge on any atom is -0.394 e. The highest BCUT2D eigenvalue weighted by Gasteiger charge is 2.45. The average molecular weight is 241 g/mol. The first-order valence-corrected chi connectivity index (χ1v) is 6.34. The molecule has 0 bridgehead atoms. The van der Waals surface area contributed by atoms with Gasteiger partial charge in [0.15, 0.2) is 0 Å². The number of nitrogens with one attached hydrogen (secondary N) is 1. The largest absolute Gasteiger partial charge is 0.394 e. The third-order valence-electron chi connectivity index (χ3n) is 3.90. The summed E-state index contributed by atoms with van der Waals surface area (Å²) >= 11 is 0. The van der Waals surface area contributed by atoms with Crippen LogP contribution < -0.4 is 5.73 Å². The van der Waals surface area contributed by atoms with Crippen LogP contribution in [-0.2, 0) is 4.74 Å². The number of ether oxygens (including phenoxy) is 1. The molecule has 0 spiro atoms. The Morgan fingerprint density at radius 3 is 2.82 bits per heavy atom. The number of nitrogens with two attached hydrogens (primary N) is 1. The van der Waals surface area contributed by atoms with Crippen molar-refractivity contribution in [2.24, 2.45) is 11.1 Å². The molecule has 1 aliphatic heterocycles. The van der Waals surface area contributed by atoms with Gasteiger partial charge in [-0.3, -0.25) is 10.3 Å². The van der Waals surface area contributed by atoms with E-state index in [1.165, 1.54) is 12.8 Å². The van der Waals surface area contributed by atoms with Crippen molar-refractivity contribution in [1.29, 1.82) is 5.41 Å². The number of amidine groups is 1. The Balaban J connectivity index is 1.90. The second-order valence-electron chi connectivity index (χ2n) is 5.62. The first-order valence-electron chi connectivity index (χ1n) is 6.34. The zero-order valence-electron chi connectivity index (χ0n) is 10.5. The van der Waals surface area contributed by atoms with E-state index < -0.39 is 0 Å². The second-order valence-corrected chi connectivity index (χ2v) is 5.62. The summed E-state index contributed by atoms with van der Waals surface area (Å²) in [6, 6.07) is 0.391. The first-order chi connectivity index (χ1) is 8.04. The van der Waals surface area contributed by atoms with E-state index in [4.69, 9.17) is 21.0 Å². The van der Waals surface area contributed by atoms with E-state index in [2.05, 4.69) is 11.8 Å². The zero-order valence-corrected chi connectivity index (χ0v) is 10.5. The van der Waals surface area contributed by atoms with Crippen molar-refractivity contribution < 1.29 is 9.84 Å². The zero-order chi connectivity index (χ0) is 12.5. The fourth-order valence-electron chi connectivity index (χ4n) is 2.61. The van der Waals surface area contributed by atoms with Gasteiger partial charge in [0.1, 0.15) is 0 Å². The molecule has 2 fully saturated rings. The summed E-state index contributed by atoms with van der Waals surface area (Å²) in [7, 11) is 0. The number of morpholine rings is 1. The summed E-state index contributed by atoms with van der Waals surface area (Å²) in [6.45, 7) is 4.69. The maximum atomic E-state index is 9.15. The predicted molar refractivity (Wildman–Crippen MR) is 66.1 cm³/mol. The molecule has 1 saturated heterocycles. The van der Waals surface area contributed by atoms with Gasteiger partial charge in [-0.15, -0.1) is 0 Å². The standard InChI is InChI=1S/C12H23N3O2/c1-9-7-17-10(6-16)5-15(9)8-12(2-3-12)4-11(13)14/h9-10,16H,2-8H2,1H3,(H3,13,14). The lowest BCUT2D eigenvalue weighted by atomic mass is 9.99. The molecule has 17 heavy (non-hydrogen) atoms. The fraction of sp³-hybridized carbons (Fsp3) is 0.917. The average Bonchev–Trinajstić information content (AvgIpc) is 3.00. The van der Waals surface area contributed by atoms with E-state index >= 15 is 0 Å². The third kappa shape index (κ3) is 3.18. The Kier molecular flexibility index (Phi) is 3.70. The second kappa shape index (κ2) is 4.92. The molecule has 98 valence electrons. The van der Waals surface area contributed by atoms with Gasteiger partial charge in [0.25, 0.3) is 0 Å². The molecule has 0 radical (unpaired) electrons. The smallest absolute Gasteiger partial charge is 0.0933 e. The van der Waals surface area contributed by atoms with Crippen molar-refractivity contribution in [3.05, 3.63) is 0 Å². The molecule has 2 unspecified atom stereocenters. The van der Waals surface area contributed by atoms with Gasteiger partial charge in [-0.2, -0.15) is 0 Å². The van der Waals surface area contributed by atoms with Crippen LogP contribution in [0, 0.1) is 10.8 Å². The molecular formula is C12H23N3O2. The van der Waals surface area contributed by atoms with Gasteiger partial charge in [0, 0.05) is 25.6 Å². The van der Waals surface area contributed by atoms with Gasteiger partial charge in [0.2, 0.25) is 0 Å². The summed E-state index contributed by atoms with van der Waals surface area (Å²) in [4.78, 5) is 2.38. The Hall–Kier alpha value is -0.650. The molecule has 2 atom stereocenters. The minimum absolute atomic E-state index is 0.0562. The van der Waals surface area contributed by atoms with Gasteiger partial charge in [-0.25, -0.2) is 0 Å². The van der Waals surface area contributed by atoms with E-state index in [0.717, 1.165) is 13.1 Å². The van der Waals surface area contributed by atoms with E-state index in [9.17, 15) is 0 Å². The fourth-order valence-corrected chi connectivity index (χ4v) is 2.61. The molecule has 1 heterocycles. The van der Waals surface area contributed by atoms with Crippen LogP contribution >= 0.6 is 0 Å². The highest BCUT2D eigenvalue weighted by atomic mass is 16.5.